The summed E-state index contributed by atoms with van der Waals surface area (Å²) in [5, 5.41) is 2.58. The number of sulfonamides is 1. The number of nitrogens with one attached hydrogen (secondary N) is 1. The summed E-state index contributed by atoms with van der Waals surface area (Å²) in [7, 11) is -3.25. The predicted molar refractivity (Wildman–Crippen MR) is 83.8 cm³/mol. The lowest BCUT2D eigenvalue weighted by Crippen LogP contribution is -2.42. The number of piperidine rings is 1. The highest BCUT2D eigenvalue weighted by Crippen LogP contribution is 2.30. The predicted octanol–water partition coefficient (Wildman–Crippen LogP) is 2.71. The van der Waals surface area contributed by atoms with E-state index < -0.39 is 21.8 Å². The second kappa shape index (κ2) is 7.10. The van der Waals surface area contributed by atoms with E-state index in [9.17, 15) is 26.4 Å². The number of carbonyl (C=O) groups excluding carboxylic acids is 1. The molecule has 24 heavy (non-hydrogen) atoms. The first-order chi connectivity index (χ1) is 11.1. The van der Waals surface area contributed by atoms with Crippen molar-refractivity contribution >= 4 is 21.6 Å². The van der Waals surface area contributed by atoms with Crippen LogP contribution in [0.4, 0.5) is 18.9 Å². The molecule has 1 aromatic carbocycles. The van der Waals surface area contributed by atoms with Gasteiger partial charge in [-0.05, 0) is 44.0 Å². The van der Waals surface area contributed by atoms with Crippen molar-refractivity contribution in [3.8, 4) is 0 Å². The van der Waals surface area contributed by atoms with Gasteiger partial charge in [0.25, 0.3) is 0 Å². The maximum Gasteiger partial charge on any atom is 0.416 e. The molecule has 2 rings (SSSR count). The molecule has 9 heteroatoms. The van der Waals surface area contributed by atoms with Gasteiger partial charge in [-0.1, -0.05) is 0 Å². The number of rotatable bonds is 4. The van der Waals surface area contributed by atoms with Crippen LogP contribution in [0.3, 0.4) is 0 Å². The minimum absolute atomic E-state index is 0.0232. The Bertz CT molecular complexity index is 679. The van der Waals surface area contributed by atoms with Gasteiger partial charge in [0, 0.05) is 24.7 Å². The largest absolute Gasteiger partial charge is 0.416 e. The molecule has 0 aliphatic carbocycles. The number of halogens is 3. The number of anilines is 1. The van der Waals surface area contributed by atoms with Crippen molar-refractivity contribution in [3.05, 3.63) is 29.8 Å². The Morgan fingerprint density at radius 3 is 2.21 bits per heavy atom. The quantitative estimate of drug-likeness (QED) is 0.893. The molecule has 1 saturated heterocycles. The van der Waals surface area contributed by atoms with E-state index in [0.717, 1.165) is 12.1 Å². The van der Waals surface area contributed by atoms with E-state index in [1.165, 1.54) is 16.4 Å². The highest BCUT2D eigenvalue weighted by Gasteiger charge is 2.31. The van der Waals surface area contributed by atoms with Gasteiger partial charge in [-0.3, -0.25) is 4.79 Å². The zero-order valence-corrected chi connectivity index (χ0v) is 14.0. The van der Waals surface area contributed by atoms with Gasteiger partial charge in [0.1, 0.15) is 0 Å². The van der Waals surface area contributed by atoms with Gasteiger partial charge in [-0.15, -0.1) is 0 Å². The SMILES string of the molecule is CCS(=O)(=O)N1CCC(C(=O)Nc2ccc(C(F)(F)F)cc2)CC1. The molecule has 0 bridgehead atoms. The van der Waals surface area contributed by atoms with Crippen LogP contribution in [-0.2, 0) is 21.0 Å². The normalized spacial score (nSPS) is 17.7. The maximum atomic E-state index is 12.5. The van der Waals surface area contributed by atoms with E-state index >= 15 is 0 Å². The Kier molecular flexibility index (Phi) is 5.54. The van der Waals surface area contributed by atoms with Crippen molar-refractivity contribution in [1.29, 1.82) is 0 Å². The Labute approximate surface area is 138 Å². The molecule has 0 spiro atoms. The number of amides is 1. The van der Waals surface area contributed by atoms with Crippen LogP contribution >= 0.6 is 0 Å². The van der Waals surface area contributed by atoms with E-state index in [1.54, 1.807) is 6.92 Å². The van der Waals surface area contributed by atoms with Crippen LogP contribution in [0.2, 0.25) is 0 Å². The summed E-state index contributed by atoms with van der Waals surface area (Å²) < 4.78 is 62.4. The standard InChI is InChI=1S/C15H19F3N2O3S/c1-2-24(22,23)20-9-7-11(8-10-20)14(21)19-13-5-3-12(4-6-13)15(16,17)18/h3-6,11H,2,7-10H2,1H3,(H,19,21). The maximum absolute atomic E-state index is 12.5. The molecular formula is C15H19F3N2O3S. The van der Waals surface area contributed by atoms with Gasteiger partial charge in [-0.25, -0.2) is 12.7 Å². The fraction of sp³-hybridized carbons (Fsp3) is 0.533. The van der Waals surface area contributed by atoms with E-state index in [1.807, 2.05) is 0 Å². The van der Waals surface area contributed by atoms with Crippen LogP contribution in [0.1, 0.15) is 25.3 Å². The summed E-state index contributed by atoms with van der Waals surface area (Å²) >= 11 is 0. The van der Waals surface area contributed by atoms with Crippen molar-refractivity contribution in [2.45, 2.75) is 25.9 Å². The molecule has 0 aromatic heterocycles. The van der Waals surface area contributed by atoms with E-state index in [4.69, 9.17) is 0 Å². The molecule has 0 unspecified atom stereocenters. The Balaban J connectivity index is 1.92. The molecule has 1 fully saturated rings. The molecule has 134 valence electrons. The summed E-state index contributed by atoms with van der Waals surface area (Å²) in [6.45, 7) is 2.13. The number of hydrogen-bond donors (Lipinski definition) is 1. The second-order valence-corrected chi connectivity index (χ2v) is 7.90. The molecule has 1 N–H and O–H groups in total. The van der Waals surface area contributed by atoms with Gasteiger partial charge in [0.05, 0.1) is 11.3 Å². The Morgan fingerprint density at radius 2 is 1.75 bits per heavy atom. The molecule has 0 saturated carbocycles. The molecule has 1 heterocycles. The second-order valence-electron chi connectivity index (χ2n) is 5.64. The van der Waals surface area contributed by atoms with Crippen LogP contribution in [0.25, 0.3) is 0 Å². The third kappa shape index (κ3) is 4.47. The monoisotopic (exact) mass is 364 g/mol. The molecule has 1 aromatic rings. The molecule has 1 aliphatic heterocycles. The molecular weight excluding hydrogens is 345 g/mol. The minimum Gasteiger partial charge on any atom is -0.326 e. The number of hydrogen-bond acceptors (Lipinski definition) is 3. The zero-order chi connectivity index (χ0) is 18.0. The van der Waals surface area contributed by atoms with Crippen LogP contribution < -0.4 is 5.32 Å². The summed E-state index contributed by atoms with van der Waals surface area (Å²) in [6.07, 6.45) is -3.63. The van der Waals surface area contributed by atoms with Crippen molar-refractivity contribution in [2.75, 3.05) is 24.2 Å². The number of benzene rings is 1. The average molecular weight is 364 g/mol. The van der Waals surface area contributed by atoms with Gasteiger partial charge in [0.15, 0.2) is 0 Å². The van der Waals surface area contributed by atoms with Crippen molar-refractivity contribution < 1.29 is 26.4 Å². The van der Waals surface area contributed by atoms with E-state index in [0.29, 0.717) is 12.8 Å². The van der Waals surface area contributed by atoms with Gasteiger partial charge in [0.2, 0.25) is 15.9 Å². The molecule has 0 radical (unpaired) electrons. The average Bonchev–Trinajstić information content (AvgIpc) is 2.54. The first-order valence-corrected chi connectivity index (χ1v) is 9.20. The van der Waals surface area contributed by atoms with Crippen LogP contribution in [0, 0.1) is 5.92 Å². The fourth-order valence-electron chi connectivity index (χ4n) is 2.57. The van der Waals surface area contributed by atoms with Crippen LogP contribution in [-0.4, -0.2) is 37.5 Å². The number of alkyl halides is 3. The van der Waals surface area contributed by atoms with E-state index in [-0.39, 0.29) is 36.4 Å². The van der Waals surface area contributed by atoms with Crippen molar-refractivity contribution in [2.24, 2.45) is 5.92 Å². The molecule has 1 amide bonds. The van der Waals surface area contributed by atoms with Gasteiger partial charge in [-0.2, -0.15) is 13.2 Å². The summed E-state index contributed by atoms with van der Waals surface area (Å²) in [5.41, 5.74) is -0.491. The third-order valence-electron chi connectivity index (χ3n) is 4.06. The van der Waals surface area contributed by atoms with Crippen molar-refractivity contribution in [1.82, 2.24) is 4.31 Å². The highest BCUT2D eigenvalue weighted by molar-refractivity contribution is 7.89. The van der Waals surface area contributed by atoms with Crippen LogP contribution in [0.5, 0.6) is 0 Å². The molecule has 1 aliphatic rings. The summed E-state index contributed by atoms with van der Waals surface area (Å²) in [5.74, 6) is -0.631. The minimum atomic E-state index is -4.42. The Morgan fingerprint density at radius 1 is 1.21 bits per heavy atom. The topological polar surface area (TPSA) is 66.5 Å². The van der Waals surface area contributed by atoms with Gasteiger partial charge < -0.3 is 5.32 Å². The first kappa shape index (κ1) is 18.7. The lowest BCUT2D eigenvalue weighted by Gasteiger charge is -2.30. The fourth-order valence-corrected chi connectivity index (χ4v) is 3.70. The smallest absolute Gasteiger partial charge is 0.326 e. The number of carbonyl (C=O) groups is 1. The van der Waals surface area contributed by atoms with Gasteiger partial charge >= 0.3 is 6.18 Å². The molecule has 5 nitrogen and oxygen atoms in total. The third-order valence-corrected chi connectivity index (χ3v) is 5.94. The van der Waals surface area contributed by atoms with E-state index in [2.05, 4.69) is 5.32 Å². The summed E-state index contributed by atoms with van der Waals surface area (Å²) in [6, 6.07) is 4.23. The highest BCUT2D eigenvalue weighted by atomic mass is 32.2. The summed E-state index contributed by atoms with van der Waals surface area (Å²) in [4.78, 5) is 12.2. The Hall–Kier alpha value is -1.61. The first-order valence-electron chi connectivity index (χ1n) is 7.59. The number of nitrogens with zero attached hydrogens (tertiary/aromatic N) is 1. The lowest BCUT2D eigenvalue weighted by molar-refractivity contribution is -0.137. The zero-order valence-electron chi connectivity index (χ0n) is 13.1. The molecule has 0 atom stereocenters. The van der Waals surface area contributed by atoms with Crippen LogP contribution in [0.15, 0.2) is 24.3 Å². The van der Waals surface area contributed by atoms with Crippen molar-refractivity contribution in [3.63, 3.8) is 0 Å². The lowest BCUT2D eigenvalue weighted by atomic mass is 9.97.